The van der Waals surface area contributed by atoms with Crippen LogP contribution in [0.3, 0.4) is 0 Å². The molecule has 23 heteroatoms. The molecular weight excluding hydrogens is 929 g/mol. The maximum absolute atomic E-state index is 12.9. The molecule has 16 nitrogen and oxygen atoms in total. The number of carboxylic acid groups (broad SMARTS) is 1. The highest BCUT2D eigenvalue weighted by Crippen LogP contribution is 2.32. The van der Waals surface area contributed by atoms with Gasteiger partial charge in [0.25, 0.3) is 35.4 Å². The van der Waals surface area contributed by atoms with Gasteiger partial charge in [-0.15, -0.1) is 22.7 Å². The predicted molar refractivity (Wildman–Crippen MR) is 234 cm³/mol. The van der Waals surface area contributed by atoms with Gasteiger partial charge in [-0.1, -0.05) is 35.3 Å². The number of alkyl halides is 3. The number of halogens is 5. The molecule has 0 spiro atoms. The molecule has 0 aliphatic carbocycles. The molecule has 64 heavy (non-hydrogen) atoms. The number of nitrogens with one attached hydrogen (secondary N) is 3. The zero-order valence-corrected chi connectivity index (χ0v) is 37.4. The summed E-state index contributed by atoms with van der Waals surface area (Å²) < 4.78 is 37.9. The van der Waals surface area contributed by atoms with E-state index < -0.39 is 47.5 Å². The van der Waals surface area contributed by atoms with Crippen molar-refractivity contribution in [1.82, 2.24) is 15.1 Å². The van der Waals surface area contributed by atoms with Gasteiger partial charge in [0.05, 0.1) is 52.1 Å². The van der Waals surface area contributed by atoms with E-state index in [-0.39, 0.29) is 40.7 Å². The summed E-state index contributed by atoms with van der Waals surface area (Å²) in [5.41, 5.74) is 6.46. The third-order valence-electron chi connectivity index (χ3n) is 8.64. The fourth-order valence-corrected chi connectivity index (χ4v) is 7.71. The summed E-state index contributed by atoms with van der Waals surface area (Å²) in [4.78, 5) is 99.3. The Bertz CT molecular complexity index is 2440. The molecule has 6 rings (SSSR count). The highest BCUT2D eigenvalue weighted by molar-refractivity contribution is 7.18. The molecule has 0 fully saturated rings. The van der Waals surface area contributed by atoms with Gasteiger partial charge in [0, 0.05) is 19.6 Å². The lowest BCUT2D eigenvalue weighted by Gasteiger charge is -2.19. The number of carbonyl (C=O) groups excluding carboxylic acids is 7. The standard InChI is InChI=1S/C22H24ClN3O5S.C17H16ClN3O3S.C2HF3O2/c1-22(2,3)31-21(30)24-11-4-5-12-26-19(28)13-7-6-8-14(17(13)20(26)29)25-18(27)15-9-10-16(23)32-15;18-13-7-6-12(25-13)15(22)20-11-5-3-4-10-14(11)17(24)21(16(10)23)9-2-1-8-19;3-2(4,5)1(6)7/h6-10H,4-5,11-12H2,1-3H3,(H,24,30)(H,25,27);3-7H,1-2,8-9,19H2,(H,20,22);(H,6,7). The first kappa shape index (κ1) is 50.8. The molecule has 2 aliphatic rings. The van der Waals surface area contributed by atoms with Crippen LogP contribution >= 0.6 is 45.9 Å². The Labute approximate surface area is 381 Å². The number of amides is 7. The van der Waals surface area contributed by atoms with Crippen LogP contribution < -0.4 is 21.7 Å². The van der Waals surface area contributed by atoms with Crippen LogP contribution in [0.15, 0.2) is 60.7 Å². The SMILES string of the molecule is CC(C)(C)OC(=O)NCCCCN1C(=O)c2cccc(NC(=O)c3ccc(Cl)s3)c2C1=O.NCCCCN1C(=O)c2cccc(NC(=O)c3ccc(Cl)s3)c2C1=O.O=C(O)C(F)(F)F. The summed E-state index contributed by atoms with van der Waals surface area (Å²) in [5.74, 6) is -5.11. The minimum absolute atomic E-state index is 0.181. The van der Waals surface area contributed by atoms with Crippen molar-refractivity contribution < 1.29 is 61.4 Å². The molecular formula is C41H41Cl2F3N6O10S2. The summed E-state index contributed by atoms with van der Waals surface area (Å²) in [6, 6.07) is 16.1. The topological polar surface area (TPSA) is 235 Å². The van der Waals surface area contributed by atoms with Crippen LogP contribution in [0.25, 0.3) is 0 Å². The van der Waals surface area contributed by atoms with Crippen LogP contribution in [0.4, 0.5) is 29.3 Å². The van der Waals surface area contributed by atoms with Crippen LogP contribution in [0.1, 0.15) is 107 Å². The Balaban J connectivity index is 0.000000249. The number of carbonyl (C=O) groups is 8. The maximum Gasteiger partial charge on any atom is 0.490 e. The number of nitrogens with two attached hydrogens (primary N) is 1. The van der Waals surface area contributed by atoms with Gasteiger partial charge < -0.3 is 31.5 Å². The average Bonchev–Trinajstić information content (AvgIpc) is 3.97. The first-order chi connectivity index (χ1) is 30.0. The van der Waals surface area contributed by atoms with Crippen molar-refractivity contribution in [2.45, 2.75) is 58.2 Å². The Hall–Kier alpha value is -5.87. The number of aliphatic carboxylic acids is 1. The van der Waals surface area contributed by atoms with E-state index in [1.807, 2.05) is 0 Å². The molecule has 2 aliphatic heterocycles. The number of hydrogen-bond donors (Lipinski definition) is 5. The summed E-state index contributed by atoms with van der Waals surface area (Å²) >= 11 is 14.0. The predicted octanol–water partition coefficient (Wildman–Crippen LogP) is 8.18. The third-order valence-corrected chi connectivity index (χ3v) is 11.1. The van der Waals surface area contributed by atoms with Gasteiger partial charge >= 0.3 is 18.2 Å². The van der Waals surface area contributed by atoms with E-state index in [1.165, 1.54) is 4.90 Å². The molecule has 0 atom stereocenters. The second-order valence-corrected chi connectivity index (χ2v) is 18.0. The van der Waals surface area contributed by atoms with Gasteiger partial charge in [-0.2, -0.15) is 13.2 Å². The van der Waals surface area contributed by atoms with Crippen LogP contribution in [-0.4, -0.2) is 100 Å². The van der Waals surface area contributed by atoms with Crippen molar-refractivity contribution in [2.24, 2.45) is 5.73 Å². The molecule has 0 saturated carbocycles. The fourth-order valence-electron chi connectivity index (χ4n) is 5.84. The number of fused-ring (bicyclic) bond motifs is 2. The van der Waals surface area contributed by atoms with Crippen molar-refractivity contribution in [2.75, 3.05) is 36.8 Å². The number of hydrogen-bond acceptors (Lipinski definition) is 12. The van der Waals surface area contributed by atoms with Crippen LogP contribution in [0.2, 0.25) is 8.67 Å². The molecule has 342 valence electrons. The lowest BCUT2D eigenvalue weighted by Crippen LogP contribution is -2.34. The van der Waals surface area contributed by atoms with Crippen LogP contribution in [-0.2, 0) is 9.53 Å². The van der Waals surface area contributed by atoms with Crippen molar-refractivity contribution in [3.63, 3.8) is 0 Å². The number of rotatable bonds is 13. The third kappa shape index (κ3) is 13.6. The van der Waals surface area contributed by atoms with Gasteiger partial charge in [0.1, 0.15) is 5.60 Å². The van der Waals surface area contributed by atoms with Crippen LogP contribution in [0.5, 0.6) is 0 Å². The Kier molecular flexibility index (Phi) is 17.6. The van der Waals surface area contributed by atoms with E-state index in [2.05, 4.69) is 16.0 Å². The second-order valence-electron chi connectivity index (χ2n) is 14.5. The Morgan fingerprint density at radius 1 is 0.688 bits per heavy atom. The van der Waals surface area contributed by atoms with Crippen molar-refractivity contribution in [3.8, 4) is 0 Å². The zero-order chi connectivity index (χ0) is 47.5. The smallest absolute Gasteiger partial charge is 0.475 e. The molecule has 0 radical (unpaired) electrons. The molecule has 0 saturated heterocycles. The summed E-state index contributed by atoms with van der Waals surface area (Å²) in [7, 11) is 0. The van der Waals surface area contributed by atoms with Crippen molar-refractivity contribution in [3.05, 3.63) is 101 Å². The minimum Gasteiger partial charge on any atom is -0.475 e. The largest absolute Gasteiger partial charge is 0.490 e. The molecule has 7 amide bonds. The van der Waals surface area contributed by atoms with Gasteiger partial charge in [-0.05, 0) is 102 Å². The number of anilines is 2. The Morgan fingerprint density at radius 3 is 1.47 bits per heavy atom. The number of ether oxygens (including phenoxy) is 1. The fraction of sp³-hybridized carbons (Fsp3) is 0.317. The van der Waals surface area contributed by atoms with Gasteiger partial charge in [-0.3, -0.25) is 38.6 Å². The van der Waals surface area contributed by atoms with E-state index in [4.69, 9.17) is 43.6 Å². The number of nitrogens with zero attached hydrogens (tertiary/aromatic N) is 2. The highest BCUT2D eigenvalue weighted by atomic mass is 35.5. The van der Waals surface area contributed by atoms with Crippen LogP contribution in [0, 0.1) is 0 Å². The molecule has 2 aromatic carbocycles. The van der Waals surface area contributed by atoms with E-state index in [9.17, 15) is 46.7 Å². The highest BCUT2D eigenvalue weighted by Gasteiger charge is 2.39. The number of carboxylic acids is 1. The molecule has 2 aromatic heterocycles. The number of unbranched alkanes of at least 4 members (excludes halogenated alkanes) is 2. The van der Waals surface area contributed by atoms with E-state index in [0.717, 1.165) is 34.0 Å². The number of thiophene rings is 2. The first-order valence-electron chi connectivity index (χ1n) is 19.1. The molecule has 0 unspecified atom stereocenters. The Morgan fingerprint density at radius 2 is 1.11 bits per heavy atom. The maximum atomic E-state index is 12.9. The number of imide groups is 2. The lowest BCUT2D eigenvalue weighted by molar-refractivity contribution is -0.192. The number of benzene rings is 2. The van der Waals surface area contributed by atoms with E-state index in [1.54, 1.807) is 81.4 Å². The molecule has 4 heterocycles. The minimum atomic E-state index is -5.08. The first-order valence-corrected chi connectivity index (χ1v) is 21.5. The normalized spacial score (nSPS) is 13.0. The summed E-state index contributed by atoms with van der Waals surface area (Å²) in [6.07, 6.45) is -3.13. The summed E-state index contributed by atoms with van der Waals surface area (Å²) in [5, 5.41) is 15.2. The monoisotopic (exact) mass is 968 g/mol. The van der Waals surface area contributed by atoms with Gasteiger partial charge in [-0.25, -0.2) is 9.59 Å². The van der Waals surface area contributed by atoms with Gasteiger partial charge in [0.15, 0.2) is 0 Å². The van der Waals surface area contributed by atoms with Crippen molar-refractivity contribution >= 4 is 105 Å². The van der Waals surface area contributed by atoms with E-state index >= 15 is 0 Å². The molecule has 0 bridgehead atoms. The molecule has 6 N–H and O–H groups in total. The average molecular weight is 970 g/mol. The summed E-state index contributed by atoms with van der Waals surface area (Å²) in [6.45, 7) is 6.73. The zero-order valence-electron chi connectivity index (χ0n) is 34.2. The second kappa shape index (κ2) is 22.2. The lowest BCUT2D eigenvalue weighted by atomic mass is 10.1. The van der Waals surface area contributed by atoms with Crippen molar-refractivity contribution in [1.29, 1.82) is 0 Å². The quantitative estimate of drug-likeness (QED) is 0.0633. The van der Waals surface area contributed by atoms with E-state index in [0.29, 0.717) is 68.6 Å². The number of alkyl carbamates (subject to hydrolysis) is 1. The molecule has 4 aromatic rings. The van der Waals surface area contributed by atoms with Gasteiger partial charge in [0.2, 0.25) is 0 Å².